The second kappa shape index (κ2) is 6.27. The maximum atomic E-state index is 12.4. The van der Waals surface area contributed by atoms with E-state index in [4.69, 9.17) is 10.5 Å². The lowest BCUT2D eigenvalue weighted by molar-refractivity contribution is 0.0923. The number of benzene rings is 2. The van der Waals surface area contributed by atoms with Crippen LogP contribution in [-0.4, -0.2) is 18.5 Å². The Labute approximate surface area is 125 Å². The van der Waals surface area contributed by atoms with Gasteiger partial charge >= 0.3 is 0 Å². The van der Waals surface area contributed by atoms with Gasteiger partial charge in [-0.25, -0.2) is 0 Å². The predicted molar refractivity (Wildman–Crippen MR) is 85.5 cm³/mol. The Balaban J connectivity index is 1.67. The van der Waals surface area contributed by atoms with Crippen molar-refractivity contribution in [2.24, 2.45) is 0 Å². The van der Waals surface area contributed by atoms with Crippen molar-refractivity contribution < 1.29 is 9.53 Å². The molecule has 0 spiro atoms. The van der Waals surface area contributed by atoms with Gasteiger partial charge in [0.05, 0.1) is 6.10 Å². The number of hydrogen-bond donors (Lipinski definition) is 1. The van der Waals surface area contributed by atoms with E-state index in [0.717, 1.165) is 43.1 Å². The molecule has 0 saturated carbocycles. The number of nitrogen functional groups attached to an aromatic ring is 1. The Morgan fingerprint density at radius 1 is 1.24 bits per heavy atom. The first-order chi connectivity index (χ1) is 10.2. The van der Waals surface area contributed by atoms with Crippen molar-refractivity contribution in [2.75, 3.05) is 12.3 Å². The van der Waals surface area contributed by atoms with Crippen molar-refractivity contribution in [1.82, 2.24) is 0 Å². The van der Waals surface area contributed by atoms with Crippen molar-refractivity contribution in [3.8, 4) is 0 Å². The van der Waals surface area contributed by atoms with Gasteiger partial charge in [-0.3, -0.25) is 4.79 Å². The zero-order valence-corrected chi connectivity index (χ0v) is 12.2. The number of carbonyl (C=O) groups excluding carboxylic acids is 1. The molecule has 1 atom stereocenters. The summed E-state index contributed by atoms with van der Waals surface area (Å²) in [4.78, 5) is 12.4. The van der Waals surface area contributed by atoms with E-state index in [1.807, 2.05) is 36.4 Å². The van der Waals surface area contributed by atoms with Gasteiger partial charge in [0.15, 0.2) is 5.78 Å². The smallest absolute Gasteiger partial charge is 0.164 e. The normalized spacial score (nSPS) is 18.2. The van der Waals surface area contributed by atoms with Gasteiger partial charge in [-0.1, -0.05) is 24.3 Å². The van der Waals surface area contributed by atoms with E-state index >= 15 is 0 Å². The lowest BCUT2D eigenvalue weighted by Crippen LogP contribution is -2.08. The molecule has 1 fully saturated rings. The van der Waals surface area contributed by atoms with E-state index in [-0.39, 0.29) is 5.78 Å². The van der Waals surface area contributed by atoms with Crippen molar-refractivity contribution in [3.63, 3.8) is 0 Å². The Hall–Kier alpha value is -1.87. The molecule has 0 aromatic heterocycles. The number of ketones is 1. The van der Waals surface area contributed by atoms with Gasteiger partial charge in [0, 0.05) is 24.3 Å². The molecule has 1 aliphatic rings. The molecular formula is C18H21NO2. The first kappa shape index (κ1) is 14.1. The molecule has 1 heterocycles. The highest BCUT2D eigenvalue weighted by molar-refractivity contribution is 6.05. The van der Waals surface area contributed by atoms with Gasteiger partial charge in [-0.05, 0) is 48.6 Å². The van der Waals surface area contributed by atoms with Gasteiger partial charge in [-0.2, -0.15) is 0 Å². The molecule has 1 unspecified atom stereocenters. The Morgan fingerprint density at radius 3 is 2.71 bits per heavy atom. The summed E-state index contributed by atoms with van der Waals surface area (Å²) in [5, 5.41) is 2.14. The van der Waals surface area contributed by atoms with Crippen molar-refractivity contribution in [1.29, 1.82) is 0 Å². The van der Waals surface area contributed by atoms with Crippen LogP contribution in [-0.2, 0) is 4.74 Å². The number of Topliss-reactive ketones (excluding diaryl/α,β-unsaturated/α-hetero) is 1. The molecule has 21 heavy (non-hydrogen) atoms. The summed E-state index contributed by atoms with van der Waals surface area (Å²) in [5.74, 6) is 0.135. The van der Waals surface area contributed by atoms with Crippen LogP contribution in [0, 0.1) is 0 Å². The molecule has 2 aromatic carbocycles. The lowest BCUT2D eigenvalue weighted by Gasteiger charge is -2.10. The summed E-state index contributed by atoms with van der Waals surface area (Å²) in [7, 11) is 0. The van der Waals surface area contributed by atoms with Crippen LogP contribution in [0.15, 0.2) is 36.4 Å². The molecular weight excluding hydrogens is 262 g/mol. The fraction of sp³-hybridized carbons (Fsp3) is 0.389. The third kappa shape index (κ3) is 3.24. The first-order valence-corrected chi connectivity index (χ1v) is 7.67. The average molecular weight is 283 g/mol. The first-order valence-electron chi connectivity index (χ1n) is 7.67. The van der Waals surface area contributed by atoms with Gasteiger partial charge in [0.25, 0.3) is 0 Å². The maximum Gasteiger partial charge on any atom is 0.164 e. The maximum absolute atomic E-state index is 12.4. The van der Waals surface area contributed by atoms with Crippen LogP contribution in [0.1, 0.15) is 42.5 Å². The largest absolute Gasteiger partial charge is 0.398 e. The van der Waals surface area contributed by atoms with Crippen LogP contribution in [0.3, 0.4) is 0 Å². The molecule has 3 rings (SSSR count). The molecule has 0 aliphatic carbocycles. The predicted octanol–water partition coefficient (Wildman–Crippen LogP) is 3.95. The Bertz CT molecular complexity index is 645. The molecule has 0 radical (unpaired) electrons. The summed E-state index contributed by atoms with van der Waals surface area (Å²) in [6.45, 7) is 0.871. The molecule has 0 bridgehead atoms. The quantitative estimate of drug-likeness (QED) is 0.667. The summed E-state index contributed by atoms with van der Waals surface area (Å²) in [6.07, 6.45) is 5.02. The third-order valence-corrected chi connectivity index (χ3v) is 4.17. The van der Waals surface area contributed by atoms with E-state index in [1.165, 1.54) is 0 Å². The van der Waals surface area contributed by atoms with E-state index in [9.17, 15) is 4.79 Å². The molecule has 2 N–H and O–H groups in total. The molecule has 0 amide bonds. The number of nitrogens with two attached hydrogens (primary N) is 1. The van der Waals surface area contributed by atoms with E-state index in [1.54, 1.807) is 0 Å². The van der Waals surface area contributed by atoms with Crippen molar-refractivity contribution in [3.05, 3.63) is 42.0 Å². The number of ether oxygens (including phenoxy) is 1. The number of fused-ring (bicyclic) bond motifs is 1. The minimum Gasteiger partial charge on any atom is -0.398 e. The number of rotatable bonds is 5. The zero-order valence-electron chi connectivity index (χ0n) is 12.2. The summed E-state index contributed by atoms with van der Waals surface area (Å²) < 4.78 is 5.59. The van der Waals surface area contributed by atoms with Crippen LogP contribution in [0.5, 0.6) is 0 Å². The standard InChI is InChI=1S/C18H21NO2/c19-17-12-14-6-2-1-5-13(14)11-16(17)18(20)9-3-7-15-8-4-10-21-15/h1-2,5-6,11-12,15H,3-4,7-10,19H2. The Kier molecular flexibility index (Phi) is 4.20. The summed E-state index contributed by atoms with van der Waals surface area (Å²) >= 11 is 0. The molecule has 3 nitrogen and oxygen atoms in total. The monoisotopic (exact) mass is 283 g/mol. The van der Waals surface area contributed by atoms with Crippen molar-refractivity contribution >= 4 is 22.2 Å². The van der Waals surface area contributed by atoms with Gasteiger partial charge in [-0.15, -0.1) is 0 Å². The molecule has 1 saturated heterocycles. The fourth-order valence-corrected chi connectivity index (χ4v) is 3.00. The fourth-order valence-electron chi connectivity index (χ4n) is 3.00. The number of anilines is 1. The van der Waals surface area contributed by atoms with Crippen LogP contribution in [0.25, 0.3) is 10.8 Å². The second-order valence-corrected chi connectivity index (χ2v) is 5.74. The van der Waals surface area contributed by atoms with Crippen LogP contribution in [0.4, 0.5) is 5.69 Å². The van der Waals surface area contributed by atoms with Crippen molar-refractivity contribution in [2.45, 2.75) is 38.2 Å². The van der Waals surface area contributed by atoms with E-state index < -0.39 is 0 Å². The topological polar surface area (TPSA) is 52.3 Å². The highest BCUT2D eigenvalue weighted by Gasteiger charge is 2.16. The molecule has 110 valence electrons. The van der Waals surface area contributed by atoms with Crippen LogP contribution in [0.2, 0.25) is 0 Å². The van der Waals surface area contributed by atoms with Crippen LogP contribution >= 0.6 is 0 Å². The highest BCUT2D eigenvalue weighted by Crippen LogP contribution is 2.24. The number of hydrogen-bond acceptors (Lipinski definition) is 3. The second-order valence-electron chi connectivity index (χ2n) is 5.74. The minimum absolute atomic E-state index is 0.135. The van der Waals surface area contributed by atoms with Gasteiger partial charge in [0.1, 0.15) is 0 Å². The Morgan fingerprint density at radius 2 is 2.00 bits per heavy atom. The van der Waals surface area contributed by atoms with E-state index in [2.05, 4.69) is 0 Å². The van der Waals surface area contributed by atoms with E-state index in [0.29, 0.717) is 23.8 Å². The van der Waals surface area contributed by atoms with Gasteiger partial charge < -0.3 is 10.5 Å². The molecule has 2 aromatic rings. The molecule has 3 heteroatoms. The number of carbonyl (C=O) groups is 1. The SMILES string of the molecule is Nc1cc2ccccc2cc1C(=O)CCCC1CCCO1. The lowest BCUT2D eigenvalue weighted by atomic mass is 9.98. The highest BCUT2D eigenvalue weighted by atomic mass is 16.5. The summed E-state index contributed by atoms with van der Waals surface area (Å²) in [6, 6.07) is 11.8. The third-order valence-electron chi connectivity index (χ3n) is 4.17. The van der Waals surface area contributed by atoms with Gasteiger partial charge in [0.2, 0.25) is 0 Å². The molecule has 1 aliphatic heterocycles. The van der Waals surface area contributed by atoms with Crippen LogP contribution < -0.4 is 5.73 Å². The minimum atomic E-state index is 0.135. The zero-order chi connectivity index (χ0) is 14.7. The average Bonchev–Trinajstić information content (AvgIpc) is 2.99. The summed E-state index contributed by atoms with van der Waals surface area (Å²) in [5.41, 5.74) is 7.27.